The van der Waals surface area contributed by atoms with Gasteiger partial charge in [-0.1, -0.05) is 6.07 Å². The van der Waals surface area contributed by atoms with Crippen molar-refractivity contribution in [1.29, 1.82) is 0 Å². The van der Waals surface area contributed by atoms with E-state index >= 15 is 0 Å². The van der Waals surface area contributed by atoms with Crippen molar-refractivity contribution in [3.8, 4) is 11.4 Å². The molecule has 2 amide bonds. The van der Waals surface area contributed by atoms with Crippen LogP contribution in [-0.4, -0.2) is 67.6 Å². The van der Waals surface area contributed by atoms with E-state index in [9.17, 15) is 9.59 Å². The summed E-state index contributed by atoms with van der Waals surface area (Å²) in [6.45, 7) is 1.94. The number of alkyl carbamates (subject to hydrolysis) is 1. The molecule has 0 spiro atoms. The molecule has 0 aliphatic carbocycles. The number of benzene rings is 1. The van der Waals surface area contributed by atoms with Crippen molar-refractivity contribution < 1.29 is 14.3 Å². The molecule has 0 radical (unpaired) electrons. The molecule has 0 aliphatic heterocycles. The second kappa shape index (κ2) is 9.40. The number of anilines is 1. The fraction of sp³-hybridized carbons (Fsp3) is 0.300. The maximum atomic E-state index is 12.5. The van der Waals surface area contributed by atoms with E-state index in [0.717, 1.165) is 15.4 Å². The number of carbonyl (C=O) groups excluding carboxylic acids is 2. The van der Waals surface area contributed by atoms with Gasteiger partial charge in [-0.15, -0.1) is 5.10 Å². The Morgan fingerprint density at radius 2 is 2.09 bits per heavy atom. The number of aromatic nitrogens is 6. The molecule has 4 aromatic rings. The predicted molar refractivity (Wildman–Crippen MR) is 125 cm³/mol. The van der Waals surface area contributed by atoms with E-state index in [4.69, 9.17) is 14.7 Å². The van der Waals surface area contributed by atoms with Crippen molar-refractivity contribution in [3.63, 3.8) is 0 Å². The van der Waals surface area contributed by atoms with Crippen molar-refractivity contribution in [2.24, 2.45) is 7.05 Å². The van der Waals surface area contributed by atoms with Crippen molar-refractivity contribution in [1.82, 2.24) is 40.0 Å². The van der Waals surface area contributed by atoms with Crippen LogP contribution in [-0.2, 0) is 16.6 Å². The number of rotatable bonds is 7. The third-order valence-electron chi connectivity index (χ3n) is 4.79. The van der Waals surface area contributed by atoms with Gasteiger partial charge in [-0.3, -0.25) is 9.48 Å². The summed E-state index contributed by atoms with van der Waals surface area (Å²) < 4.78 is 8.92. The average molecular weight is 516 g/mol. The zero-order valence-electron chi connectivity index (χ0n) is 18.2. The lowest BCUT2D eigenvalue weighted by Crippen LogP contribution is -2.40. The summed E-state index contributed by atoms with van der Waals surface area (Å²) in [4.78, 5) is 33.0. The summed E-state index contributed by atoms with van der Waals surface area (Å²) in [6, 6.07) is 5.05. The minimum Gasteiger partial charge on any atom is -0.448 e. The second-order valence-electron chi connectivity index (χ2n) is 7.19. The van der Waals surface area contributed by atoms with Crippen molar-refractivity contribution in [3.05, 3.63) is 35.1 Å². The number of amides is 2. The van der Waals surface area contributed by atoms with Gasteiger partial charge in [-0.05, 0) is 35.0 Å². The van der Waals surface area contributed by atoms with Crippen LogP contribution in [0.5, 0.6) is 0 Å². The Morgan fingerprint density at radius 1 is 1.27 bits per heavy atom. The molecule has 12 nitrogen and oxygen atoms in total. The first-order valence-corrected chi connectivity index (χ1v) is 10.9. The van der Waals surface area contributed by atoms with Gasteiger partial charge in [0, 0.05) is 30.2 Å². The number of fused-ring (bicyclic) bond motifs is 3. The van der Waals surface area contributed by atoms with Crippen LogP contribution in [0.3, 0.4) is 0 Å². The monoisotopic (exact) mass is 515 g/mol. The number of nitrogens with one attached hydrogen (secondary N) is 3. The Labute approximate surface area is 196 Å². The van der Waals surface area contributed by atoms with Crippen LogP contribution in [0, 0.1) is 0 Å². The van der Waals surface area contributed by atoms with Gasteiger partial charge in [0.15, 0.2) is 11.5 Å². The Kier molecular flexibility index (Phi) is 6.40. The van der Waals surface area contributed by atoms with Crippen LogP contribution in [0.2, 0.25) is 0 Å². The molecular formula is C20H22BrN9O3. The quantitative estimate of drug-likeness (QED) is 0.316. The zero-order valence-corrected chi connectivity index (χ0v) is 19.8. The van der Waals surface area contributed by atoms with Crippen molar-refractivity contribution >= 4 is 50.4 Å². The molecule has 0 unspecified atom stereocenters. The summed E-state index contributed by atoms with van der Waals surface area (Å²) in [5, 5.41) is 17.8. The van der Waals surface area contributed by atoms with E-state index in [1.165, 1.54) is 7.05 Å². The Hall–Kier alpha value is -3.74. The summed E-state index contributed by atoms with van der Waals surface area (Å²) in [6.07, 6.45) is 2.95. The molecule has 13 heteroatoms. The van der Waals surface area contributed by atoms with Gasteiger partial charge in [0.05, 0.1) is 23.8 Å². The van der Waals surface area contributed by atoms with Gasteiger partial charge in [-0.2, -0.15) is 9.61 Å². The highest BCUT2D eigenvalue weighted by Gasteiger charge is 2.20. The van der Waals surface area contributed by atoms with E-state index in [2.05, 4.69) is 42.1 Å². The van der Waals surface area contributed by atoms with E-state index < -0.39 is 12.1 Å². The number of hydrogen-bond donors (Lipinski definition) is 3. The maximum absolute atomic E-state index is 12.5. The largest absolute Gasteiger partial charge is 0.448 e. The Bertz CT molecular complexity index is 1330. The third kappa shape index (κ3) is 4.72. The van der Waals surface area contributed by atoms with Crippen molar-refractivity contribution in [2.75, 3.05) is 25.5 Å². The van der Waals surface area contributed by atoms with Crippen LogP contribution >= 0.6 is 15.9 Å². The summed E-state index contributed by atoms with van der Waals surface area (Å²) in [5.74, 6) is 0.561. The van der Waals surface area contributed by atoms with E-state index in [-0.39, 0.29) is 19.1 Å². The molecule has 0 fully saturated rings. The number of hydrogen-bond acceptors (Lipinski definition) is 8. The molecule has 1 atom stereocenters. The van der Waals surface area contributed by atoms with Gasteiger partial charge >= 0.3 is 6.09 Å². The van der Waals surface area contributed by atoms with Gasteiger partial charge < -0.3 is 20.7 Å². The molecule has 4 rings (SSSR count). The van der Waals surface area contributed by atoms with E-state index in [1.807, 2.05) is 31.4 Å². The first-order chi connectivity index (χ1) is 15.9. The highest BCUT2D eigenvalue weighted by molar-refractivity contribution is 9.10. The highest BCUT2D eigenvalue weighted by atomic mass is 79.9. The lowest BCUT2D eigenvalue weighted by molar-refractivity contribution is -0.121. The van der Waals surface area contributed by atoms with Crippen LogP contribution < -0.4 is 16.0 Å². The summed E-state index contributed by atoms with van der Waals surface area (Å²) in [7, 11) is 3.28. The molecule has 3 heterocycles. The van der Waals surface area contributed by atoms with Gasteiger partial charge in [0.1, 0.15) is 12.6 Å². The first kappa shape index (κ1) is 22.5. The fourth-order valence-electron chi connectivity index (χ4n) is 3.15. The molecule has 0 saturated heterocycles. The number of aryl methyl sites for hydroxylation is 1. The third-order valence-corrected chi connectivity index (χ3v) is 5.43. The first-order valence-electron chi connectivity index (χ1n) is 10.1. The fourth-order valence-corrected chi connectivity index (χ4v) is 3.61. The van der Waals surface area contributed by atoms with E-state index in [1.54, 1.807) is 22.3 Å². The SMILES string of the molecule is CNC(=O)OCCNC(=O)[C@@H](C)Nc1nc2c(Br)cccc2c2nc(-c3cnn(C)c3)nn12. The summed E-state index contributed by atoms with van der Waals surface area (Å²) in [5.41, 5.74) is 2.04. The number of nitrogens with zero attached hydrogens (tertiary/aromatic N) is 6. The number of ether oxygens (including phenoxy) is 1. The van der Waals surface area contributed by atoms with Gasteiger partial charge in [-0.25, -0.2) is 14.8 Å². The number of carbonyl (C=O) groups is 2. The standard InChI is InChI=1S/C20H22BrN9O3/c1-11(18(31)23-7-8-33-20(32)22-2)25-19-26-15-13(5-4-6-14(15)21)17-27-16(28-30(17)19)12-9-24-29(3)10-12/h4-6,9-11H,7-8H2,1-3H3,(H,22,32)(H,23,31)(H,25,26)/t11-/m1/s1. The number of halogens is 1. The Balaban J connectivity index is 1.63. The molecule has 172 valence electrons. The molecule has 3 N–H and O–H groups in total. The minimum absolute atomic E-state index is 0.0566. The molecule has 3 aromatic heterocycles. The van der Waals surface area contributed by atoms with Crippen LogP contribution in [0.4, 0.5) is 10.7 Å². The molecule has 0 saturated carbocycles. The molecule has 1 aromatic carbocycles. The topological polar surface area (TPSA) is 140 Å². The lowest BCUT2D eigenvalue weighted by atomic mass is 10.2. The predicted octanol–water partition coefficient (Wildman–Crippen LogP) is 1.71. The van der Waals surface area contributed by atoms with Crippen LogP contribution in [0.15, 0.2) is 35.1 Å². The molecule has 0 bridgehead atoms. The molecule has 0 aliphatic rings. The number of para-hydroxylation sites is 1. The maximum Gasteiger partial charge on any atom is 0.406 e. The van der Waals surface area contributed by atoms with E-state index in [0.29, 0.717) is 22.9 Å². The molecular weight excluding hydrogens is 494 g/mol. The van der Waals surface area contributed by atoms with Crippen molar-refractivity contribution in [2.45, 2.75) is 13.0 Å². The second-order valence-corrected chi connectivity index (χ2v) is 8.04. The highest BCUT2D eigenvalue weighted by Crippen LogP contribution is 2.28. The minimum atomic E-state index is -0.647. The summed E-state index contributed by atoms with van der Waals surface area (Å²) >= 11 is 3.54. The van der Waals surface area contributed by atoms with Crippen LogP contribution in [0.25, 0.3) is 27.9 Å². The molecule has 33 heavy (non-hydrogen) atoms. The van der Waals surface area contributed by atoms with Gasteiger partial charge in [0.2, 0.25) is 11.9 Å². The smallest absolute Gasteiger partial charge is 0.406 e. The van der Waals surface area contributed by atoms with Crippen LogP contribution in [0.1, 0.15) is 6.92 Å². The average Bonchev–Trinajstić information content (AvgIpc) is 3.44. The lowest BCUT2D eigenvalue weighted by Gasteiger charge is -2.16. The Morgan fingerprint density at radius 3 is 2.82 bits per heavy atom. The normalized spacial score (nSPS) is 12.0. The zero-order chi connectivity index (χ0) is 23.5. The van der Waals surface area contributed by atoms with Gasteiger partial charge in [0.25, 0.3) is 0 Å².